The smallest absolute Gasteiger partial charge is 0.251 e. The first-order valence-electron chi connectivity index (χ1n) is 13.2. The molecule has 0 bridgehead atoms. The number of aromatic nitrogens is 2. The third-order valence-corrected chi connectivity index (χ3v) is 8.09. The summed E-state index contributed by atoms with van der Waals surface area (Å²) in [7, 11) is 2.06. The van der Waals surface area contributed by atoms with Crippen molar-refractivity contribution < 1.29 is 9.90 Å². The number of rotatable bonds is 10. The minimum absolute atomic E-state index is 0.177. The first-order valence-corrected chi connectivity index (χ1v) is 14.1. The molecule has 38 heavy (non-hydrogen) atoms. The Labute approximate surface area is 228 Å². The summed E-state index contributed by atoms with van der Waals surface area (Å²) in [5.41, 5.74) is 6.19. The van der Waals surface area contributed by atoms with Crippen molar-refractivity contribution in [3.05, 3.63) is 95.4 Å². The maximum Gasteiger partial charge on any atom is 0.251 e. The Hall–Kier alpha value is -3.33. The first kappa shape index (κ1) is 26.3. The molecular formula is C30H35N5O2S. The zero-order chi connectivity index (χ0) is 26.5. The molecule has 2 aromatic heterocycles. The molecule has 1 amide bonds. The molecule has 0 saturated heterocycles. The van der Waals surface area contributed by atoms with Gasteiger partial charge < -0.3 is 24.6 Å². The number of pyridine rings is 1. The Bertz CT molecular complexity index is 1380. The molecular weight excluding hydrogens is 494 g/mol. The van der Waals surface area contributed by atoms with Crippen LogP contribution >= 0.6 is 11.9 Å². The lowest BCUT2D eigenvalue weighted by Crippen LogP contribution is -2.48. The van der Waals surface area contributed by atoms with Crippen LogP contribution in [0.1, 0.15) is 34.0 Å². The summed E-state index contributed by atoms with van der Waals surface area (Å²) in [4.78, 5) is 17.8. The normalized spacial score (nSPS) is 14.8. The lowest BCUT2D eigenvalue weighted by molar-refractivity contribution is 0.0830. The first-order chi connectivity index (χ1) is 18.5. The van der Waals surface area contributed by atoms with Gasteiger partial charge in [-0.2, -0.15) is 0 Å². The molecule has 2 aromatic carbocycles. The van der Waals surface area contributed by atoms with E-state index < -0.39 is 12.1 Å². The minimum atomic E-state index is -0.773. The van der Waals surface area contributed by atoms with Crippen molar-refractivity contribution in [1.82, 2.24) is 20.2 Å². The Morgan fingerprint density at radius 3 is 2.74 bits per heavy atom. The summed E-state index contributed by atoms with van der Waals surface area (Å²) in [6.45, 7) is 3.91. The molecule has 0 radical (unpaired) electrons. The predicted octanol–water partition coefficient (Wildman–Crippen LogP) is 4.19. The monoisotopic (exact) mass is 529 g/mol. The molecule has 198 valence electrons. The summed E-state index contributed by atoms with van der Waals surface area (Å²) in [5, 5.41) is 18.9. The Morgan fingerprint density at radius 1 is 1.16 bits per heavy atom. The van der Waals surface area contributed by atoms with Crippen LogP contribution in [0.2, 0.25) is 0 Å². The quantitative estimate of drug-likeness (QED) is 0.267. The van der Waals surface area contributed by atoms with Crippen LogP contribution in [0.4, 0.5) is 5.69 Å². The van der Waals surface area contributed by atoms with Gasteiger partial charge in [-0.15, -0.1) is 0 Å². The second-order valence-electron chi connectivity index (χ2n) is 9.74. The standard InChI is InChI=1S/C30H35N5O2S/c1-3-35-20-23-11-13-38-34(2)26-15-24(16-27(35)29(23)26)30(37)33-25(14-21-8-5-4-6-9-21)28(36)19-32-18-22-10-7-12-31-17-22/h4-10,12,15-17,20,25,28,32,36H,3,11,13-14,18-19H2,1-2H3,(H,33,37)/t25-,28+/m0/s1. The number of aliphatic hydroxyl groups is 1. The average molecular weight is 530 g/mol. The Morgan fingerprint density at radius 2 is 1.97 bits per heavy atom. The Balaban J connectivity index is 1.38. The van der Waals surface area contributed by atoms with Gasteiger partial charge >= 0.3 is 0 Å². The fourth-order valence-electron chi connectivity index (χ4n) is 5.09. The van der Waals surface area contributed by atoms with E-state index in [-0.39, 0.29) is 5.91 Å². The van der Waals surface area contributed by atoms with Gasteiger partial charge in [-0.05, 0) is 66.6 Å². The van der Waals surface area contributed by atoms with Gasteiger partial charge in [-0.25, -0.2) is 0 Å². The molecule has 7 nitrogen and oxygen atoms in total. The van der Waals surface area contributed by atoms with Crippen molar-refractivity contribution >= 4 is 34.4 Å². The van der Waals surface area contributed by atoms with Gasteiger partial charge in [-0.3, -0.25) is 9.78 Å². The van der Waals surface area contributed by atoms with E-state index in [1.54, 1.807) is 24.3 Å². The molecule has 3 heterocycles. The van der Waals surface area contributed by atoms with Gasteiger partial charge in [0.15, 0.2) is 0 Å². The minimum Gasteiger partial charge on any atom is -0.390 e. The van der Waals surface area contributed by atoms with E-state index in [4.69, 9.17) is 0 Å². The molecule has 0 unspecified atom stereocenters. The van der Waals surface area contributed by atoms with E-state index in [9.17, 15) is 9.90 Å². The number of nitrogens with zero attached hydrogens (tertiary/aromatic N) is 3. The highest BCUT2D eigenvalue weighted by Crippen LogP contribution is 2.38. The molecule has 2 atom stereocenters. The van der Waals surface area contributed by atoms with E-state index in [1.807, 2.05) is 54.6 Å². The maximum absolute atomic E-state index is 13.7. The molecule has 1 aliphatic rings. The maximum atomic E-state index is 13.7. The molecule has 5 rings (SSSR count). The zero-order valence-electron chi connectivity index (χ0n) is 21.9. The third kappa shape index (κ3) is 5.88. The molecule has 8 heteroatoms. The lowest BCUT2D eigenvalue weighted by atomic mass is 10.00. The summed E-state index contributed by atoms with van der Waals surface area (Å²) in [5.74, 6) is 0.829. The number of nitrogens with one attached hydrogen (secondary N) is 2. The van der Waals surface area contributed by atoms with Crippen molar-refractivity contribution in [2.24, 2.45) is 0 Å². The number of aryl methyl sites for hydroxylation is 2. The summed E-state index contributed by atoms with van der Waals surface area (Å²) >= 11 is 1.77. The highest BCUT2D eigenvalue weighted by molar-refractivity contribution is 8.00. The SMILES string of the molecule is CCn1cc2c3c(cc(C(=O)N[C@@H](Cc4ccccc4)[C@H](O)CNCc4cccnc4)cc31)N(C)SCC2. The van der Waals surface area contributed by atoms with Crippen LogP contribution in [0.25, 0.3) is 10.9 Å². The van der Waals surface area contributed by atoms with Gasteiger partial charge in [0.2, 0.25) is 0 Å². The fourth-order valence-corrected chi connectivity index (χ4v) is 5.96. The number of hydrogen-bond donors (Lipinski definition) is 3. The largest absolute Gasteiger partial charge is 0.390 e. The second kappa shape index (κ2) is 12.0. The third-order valence-electron chi connectivity index (χ3n) is 7.12. The molecule has 0 aliphatic carbocycles. The molecule has 3 N–H and O–H groups in total. The highest BCUT2D eigenvalue weighted by atomic mass is 32.2. The van der Waals surface area contributed by atoms with Crippen molar-refractivity contribution in [3.8, 4) is 0 Å². The number of benzene rings is 2. The molecule has 0 fully saturated rings. The van der Waals surface area contributed by atoms with E-state index in [0.717, 1.165) is 41.0 Å². The zero-order valence-corrected chi connectivity index (χ0v) is 22.7. The summed E-state index contributed by atoms with van der Waals surface area (Å²) in [6, 6.07) is 17.4. The van der Waals surface area contributed by atoms with Gasteiger partial charge in [0, 0.05) is 62.0 Å². The highest BCUT2D eigenvalue weighted by Gasteiger charge is 2.25. The van der Waals surface area contributed by atoms with Gasteiger partial charge in [0.25, 0.3) is 5.91 Å². The van der Waals surface area contributed by atoms with Crippen LogP contribution in [0.3, 0.4) is 0 Å². The number of carbonyl (C=O) groups is 1. The van der Waals surface area contributed by atoms with Crippen LogP contribution in [0, 0.1) is 0 Å². The number of aliphatic hydroxyl groups excluding tert-OH is 1. The van der Waals surface area contributed by atoms with Crippen LogP contribution in [-0.4, -0.2) is 52.1 Å². The molecule has 1 aliphatic heterocycles. The van der Waals surface area contributed by atoms with Crippen molar-refractivity contribution in [2.45, 2.75) is 45.0 Å². The predicted molar refractivity (Wildman–Crippen MR) is 156 cm³/mol. The molecule has 0 saturated carbocycles. The molecule has 4 aromatic rings. The topological polar surface area (TPSA) is 82.4 Å². The number of carbonyl (C=O) groups excluding carboxylic acids is 1. The van der Waals surface area contributed by atoms with Crippen LogP contribution < -0.4 is 14.9 Å². The summed E-state index contributed by atoms with van der Waals surface area (Å²) in [6.07, 6.45) is 6.54. The average Bonchev–Trinajstić information content (AvgIpc) is 3.22. The van der Waals surface area contributed by atoms with E-state index in [2.05, 4.69) is 44.7 Å². The Kier molecular flexibility index (Phi) is 8.32. The van der Waals surface area contributed by atoms with Crippen LogP contribution in [0.15, 0.2) is 73.2 Å². The number of amides is 1. The fraction of sp³-hybridized carbons (Fsp3) is 0.333. The number of hydrogen-bond acceptors (Lipinski definition) is 6. The van der Waals surface area contributed by atoms with Crippen molar-refractivity contribution in [1.29, 1.82) is 0 Å². The van der Waals surface area contributed by atoms with Crippen LogP contribution in [0.5, 0.6) is 0 Å². The van der Waals surface area contributed by atoms with Gasteiger partial charge in [0.1, 0.15) is 0 Å². The molecule has 0 spiro atoms. The van der Waals surface area contributed by atoms with Gasteiger partial charge in [0.05, 0.1) is 23.3 Å². The lowest BCUT2D eigenvalue weighted by Gasteiger charge is -2.25. The van der Waals surface area contributed by atoms with Crippen LogP contribution in [-0.2, 0) is 25.9 Å². The van der Waals surface area contributed by atoms with Crippen molar-refractivity contribution in [3.63, 3.8) is 0 Å². The van der Waals surface area contributed by atoms with Gasteiger partial charge in [-0.1, -0.05) is 36.4 Å². The number of anilines is 1. The van der Waals surface area contributed by atoms with Crippen molar-refractivity contribution in [2.75, 3.05) is 23.7 Å². The van der Waals surface area contributed by atoms with E-state index in [1.165, 1.54) is 10.9 Å². The second-order valence-corrected chi connectivity index (χ2v) is 11.0. The van der Waals surface area contributed by atoms with E-state index in [0.29, 0.717) is 25.1 Å². The van der Waals surface area contributed by atoms with E-state index >= 15 is 0 Å². The summed E-state index contributed by atoms with van der Waals surface area (Å²) < 4.78 is 4.40.